The third kappa shape index (κ3) is 4.19. The lowest BCUT2D eigenvalue weighted by Crippen LogP contribution is -2.49. The first-order valence-corrected chi connectivity index (χ1v) is 11.8. The van der Waals surface area contributed by atoms with Gasteiger partial charge in [-0.3, -0.25) is 9.55 Å². The monoisotopic (exact) mass is 429 g/mol. The molecule has 0 spiro atoms. The summed E-state index contributed by atoms with van der Waals surface area (Å²) in [5.74, 6) is -0.325. The number of rotatable bonds is 5. The Hall–Kier alpha value is -2.29. The van der Waals surface area contributed by atoms with Crippen molar-refractivity contribution in [3.05, 3.63) is 60.8 Å². The van der Waals surface area contributed by atoms with Crippen molar-refractivity contribution in [1.82, 2.24) is 4.90 Å². The molecule has 2 aromatic carbocycles. The molecule has 0 saturated carbocycles. The third-order valence-electron chi connectivity index (χ3n) is 5.12. The van der Waals surface area contributed by atoms with Crippen molar-refractivity contribution in [1.29, 1.82) is 0 Å². The van der Waals surface area contributed by atoms with Gasteiger partial charge in [-0.15, -0.1) is 0 Å². The molecule has 2 atom stereocenters. The normalized spacial score (nSPS) is 19.4. The zero-order valence-electron chi connectivity index (χ0n) is 16.3. The van der Waals surface area contributed by atoms with Gasteiger partial charge in [-0.1, -0.05) is 36.0 Å². The van der Waals surface area contributed by atoms with Crippen molar-refractivity contribution in [3.8, 4) is 0 Å². The Kier molecular flexibility index (Phi) is 5.42. The number of anilines is 2. The van der Waals surface area contributed by atoms with E-state index in [0.29, 0.717) is 0 Å². The molecule has 0 bridgehead atoms. The number of hydrogen-bond donors (Lipinski definition) is 1. The molecule has 0 saturated heterocycles. The Labute approximate surface area is 175 Å². The Bertz CT molecular complexity index is 1040. The molecule has 4 rings (SSSR count). The Morgan fingerprint density at radius 3 is 2.28 bits per heavy atom. The number of aliphatic imine (C=N–C) groups is 1. The molecule has 0 aromatic heterocycles. The Balaban J connectivity index is 1.85. The van der Waals surface area contributed by atoms with Crippen molar-refractivity contribution >= 4 is 39.0 Å². The zero-order valence-corrected chi connectivity index (χ0v) is 17.9. The number of fused-ring (bicyclic) bond motifs is 2. The summed E-state index contributed by atoms with van der Waals surface area (Å²) in [5, 5.41) is 0. The van der Waals surface area contributed by atoms with E-state index in [-0.39, 0.29) is 24.4 Å². The molecule has 0 fully saturated rings. The van der Waals surface area contributed by atoms with E-state index in [2.05, 4.69) is 17.0 Å². The number of hydrogen-bond acceptors (Lipinski definition) is 6. The van der Waals surface area contributed by atoms with Crippen molar-refractivity contribution < 1.29 is 13.0 Å². The van der Waals surface area contributed by atoms with Gasteiger partial charge in [0.1, 0.15) is 6.17 Å². The zero-order chi connectivity index (χ0) is 20.6. The van der Waals surface area contributed by atoms with Crippen LogP contribution in [0.2, 0.25) is 0 Å². The predicted octanol–water partition coefficient (Wildman–Crippen LogP) is 4.18. The highest BCUT2D eigenvalue weighted by Gasteiger charge is 2.36. The van der Waals surface area contributed by atoms with Gasteiger partial charge in [0, 0.05) is 28.8 Å². The van der Waals surface area contributed by atoms with E-state index in [1.54, 1.807) is 11.8 Å². The van der Waals surface area contributed by atoms with E-state index in [0.717, 1.165) is 26.9 Å². The topological polar surface area (TPSA) is 73.2 Å². The van der Waals surface area contributed by atoms with Gasteiger partial charge in [0.2, 0.25) is 0 Å². The van der Waals surface area contributed by atoms with Gasteiger partial charge >= 0.3 is 0 Å². The highest BCUT2D eigenvalue weighted by Crippen LogP contribution is 2.49. The summed E-state index contributed by atoms with van der Waals surface area (Å²) in [6.45, 7) is 1.93. The largest absolute Gasteiger partial charge is 0.357 e. The van der Waals surface area contributed by atoms with Crippen LogP contribution in [-0.4, -0.2) is 48.6 Å². The van der Waals surface area contributed by atoms with Crippen LogP contribution in [0.5, 0.6) is 0 Å². The van der Waals surface area contributed by atoms with Crippen molar-refractivity contribution in [2.24, 2.45) is 4.99 Å². The lowest BCUT2D eigenvalue weighted by molar-refractivity contribution is 0.281. The molecular weight excluding hydrogens is 406 g/mol. The van der Waals surface area contributed by atoms with Crippen molar-refractivity contribution in [3.63, 3.8) is 0 Å². The molecule has 2 aliphatic rings. The second kappa shape index (κ2) is 7.85. The second-order valence-electron chi connectivity index (χ2n) is 7.21. The number of likely N-dealkylation sites (N-methyl/N-ethyl adjacent to an activating group) is 1. The van der Waals surface area contributed by atoms with E-state index < -0.39 is 10.1 Å². The number of allylic oxidation sites excluding steroid dienone is 1. The predicted molar refractivity (Wildman–Crippen MR) is 118 cm³/mol. The van der Waals surface area contributed by atoms with Gasteiger partial charge in [0.05, 0.1) is 23.2 Å². The summed E-state index contributed by atoms with van der Waals surface area (Å²) in [4.78, 5) is 11.2. The van der Waals surface area contributed by atoms with E-state index >= 15 is 0 Å². The molecule has 6 nitrogen and oxygen atoms in total. The fourth-order valence-electron chi connectivity index (χ4n) is 3.79. The fraction of sp³-hybridized carbons (Fsp3) is 0.286. The van der Waals surface area contributed by atoms with Crippen LogP contribution >= 0.6 is 11.8 Å². The first-order valence-electron chi connectivity index (χ1n) is 9.38. The van der Waals surface area contributed by atoms with Gasteiger partial charge < -0.3 is 9.80 Å². The van der Waals surface area contributed by atoms with E-state index in [9.17, 15) is 13.0 Å². The SMILES string of the molecule is CC1=NC(C(CCS(=O)(=O)O)N2c3ccccc3Sc3ccccc32)N(C)C=C1. The third-order valence-corrected chi connectivity index (χ3v) is 7.00. The summed E-state index contributed by atoms with van der Waals surface area (Å²) in [6.07, 6.45) is 3.85. The number of benzene rings is 2. The van der Waals surface area contributed by atoms with E-state index in [1.807, 2.05) is 67.5 Å². The minimum atomic E-state index is -4.10. The Morgan fingerprint density at radius 1 is 1.10 bits per heavy atom. The van der Waals surface area contributed by atoms with Crippen LogP contribution in [0.4, 0.5) is 11.4 Å². The molecule has 2 aromatic rings. The summed E-state index contributed by atoms with van der Waals surface area (Å²) < 4.78 is 32.7. The molecule has 2 unspecified atom stereocenters. The van der Waals surface area contributed by atoms with Crippen LogP contribution in [0, 0.1) is 0 Å². The average Bonchev–Trinajstić information content (AvgIpc) is 2.69. The lowest BCUT2D eigenvalue weighted by atomic mass is 10.0. The van der Waals surface area contributed by atoms with Crippen LogP contribution in [0.3, 0.4) is 0 Å². The maximum atomic E-state index is 11.6. The molecule has 0 amide bonds. The maximum Gasteiger partial charge on any atom is 0.264 e. The van der Waals surface area contributed by atoms with Gasteiger partial charge in [0.15, 0.2) is 0 Å². The minimum absolute atomic E-state index is 0.242. The summed E-state index contributed by atoms with van der Waals surface area (Å²) >= 11 is 1.70. The fourth-order valence-corrected chi connectivity index (χ4v) is 5.40. The lowest BCUT2D eigenvalue weighted by Gasteiger charge is -2.44. The summed E-state index contributed by atoms with van der Waals surface area (Å²) in [5.41, 5.74) is 2.93. The summed E-state index contributed by atoms with van der Waals surface area (Å²) in [6, 6.07) is 15.9. The van der Waals surface area contributed by atoms with Gasteiger partial charge in [-0.25, -0.2) is 0 Å². The molecule has 1 N–H and O–H groups in total. The average molecular weight is 430 g/mol. The van der Waals surface area contributed by atoms with Crippen molar-refractivity contribution in [2.75, 3.05) is 17.7 Å². The highest BCUT2D eigenvalue weighted by molar-refractivity contribution is 7.99. The quantitative estimate of drug-likeness (QED) is 0.719. The Morgan fingerprint density at radius 2 is 1.69 bits per heavy atom. The van der Waals surface area contributed by atoms with Gasteiger partial charge in [0.25, 0.3) is 10.1 Å². The van der Waals surface area contributed by atoms with E-state index in [4.69, 9.17) is 4.99 Å². The first kappa shape index (κ1) is 20.0. The molecule has 0 radical (unpaired) electrons. The van der Waals surface area contributed by atoms with Crippen LogP contribution in [0.15, 0.2) is 75.6 Å². The van der Waals surface area contributed by atoms with Crippen LogP contribution < -0.4 is 4.90 Å². The molecular formula is C21H23N3O3S2. The van der Waals surface area contributed by atoms with Crippen molar-refractivity contribution in [2.45, 2.75) is 35.3 Å². The smallest absolute Gasteiger partial charge is 0.264 e. The molecule has 2 aliphatic heterocycles. The van der Waals surface area contributed by atoms with Gasteiger partial charge in [-0.2, -0.15) is 8.42 Å². The van der Waals surface area contributed by atoms with Gasteiger partial charge in [-0.05, 0) is 43.7 Å². The first-order chi connectivity index (χ1) is 13.8. The molecule has 2 heterocycles. The van der Waals surface area contributed by atoms with Crippen LogP contribution in [-0.2, 0) is 10.1 Å². The maximum absolute atomic E-state index is 11.6. The number of para-hydroxylation sites is 2. The second-order valence-corrected chi connectivity index (χ2v) is 9.87. The highest BCUT2D eigenvalue weighted by atomic mass is 32.2. The molecule has 8 heteroatoms. The molecule has 152 valence electrons. The molecule has 0 aliphatic carbocycles. The standard InChI is InChI=1S/C21H23N3O3S2/c1-15-11-13-23(2)21(22-15)18(12-14-29(25,26)27)24-16-7-3-5-9-19(16)28-20-10-6-4-8-17(20)24/h3-11,13,18,21H,12,14H2,1-2H3,(H,25,26,27). The summed E-state index contributed by atoms with van der Waals surface area (Å²) in [7, 11) is -2.16. The minimum Gasteiger partial charge on any atom is -0.357 e. The van der Waals surface area contributed by atoms with Crippen LogP contribution in [0.25, 0.3) is 0 Å². The van der Waals surface area contributed by atoms with Crippen LogP contribution in [0.1, 0.15) is 13.3 Å². The van der Waals surface area contributed by atoms with E-state index in [1.165, 1.54) is 0 Å². The number of nitrogens with zero attached hydrogens (tertiary/aromatic N) is 3. The molecule has 29 heavy (non-hydrogen) atoms.